The molecule has 4 heterocycles. The molecule has 0 spiro atoms. The van der Waals surface area contributed by atoms with Gasteiger partial charge in [0.05, 0.1) is 5.39 Å². The van der Waals surface area contributed by atoms with Gasteiger partial charge in [-0.3, -0.25) is 4.98 Å². The number of rotatable bonds is 6. The van der Waals surface area contributed by atoms with Crippen LogP contribution in [0.25, 0.3) is 21.6 Å². The number of piperazine rings is 1. The first kappa shape index (κ1) is 21.7. The van der Waals surface area contributed by atoms with E-state index in [1.165, 1.54) is 21.2 Å². The SMILES string of the molecule is CCN(CC)S(=O)(=O)N1CCN(c2nc(-c3cccnc3)nc3sc4c(c23)CCC4)CC1. The topological polar surface area (TPSA) is 82.5 Å². The van der Waals surface area contributed by atoms with Crippen molar-refractivity contribution in [3.8, 4) is 11.4 Å². The van der Waals surface area contributed by atoms with E-state index in [4.69, 9.17) is 9.97 Å². The summed E-state index contributed by atoms with van der Waals surface area (Å²) in [5.41, 5.74) is 2.28. The minimum atomic E-state index is -3.42. The highest BCUT2D eigenvalue weighted by molar-refractivity contribution is 7.86. The van der Waals surface area contributed by atoms with Gasteiger partial charge >= 0.3 is 0 Å². The number of anilines is 1. The molecule has 1 aliphatic heterocycles. The molecule has 0 bridgehead atoms. The lowest BCUT2D eigenvalue weighted by atomic mass is 10.1. The van der Waals surface area contributed by atoms with E-state index in [-0.39, 0.29) is 0 Å². The molecule has 0 radical (unpaired) electrons. The molecule has 0 N–H and O–H groups in total. The fourth-order valence-electron chi connectivity index (χ4n) is 4.67. The molecule has 170 valence electrons. The molecular formula is C22H28N6O2S2. The second-order valence-corrected chi connectivity index (χ2v) is 11.1. The molecule has 3 aromatic rings. The molecule has 0 aromatic carbocycles. The van der Waals surface area contributed by atoms with Crippen LogP contribution in [0, 0.1) is 0 Å². The Bertz CT molecular complexity index is 1220. The van der Waals surface area contributed by atoms with Crippen LogP contribution < -0.4 is 4.90 Å². The van der Waals surface area contributed by atoms with Crippen LogP contribution in [0.3, 0.4) is 0 Å². The Hall–Kier alpha value is -2.14. The predicted molar refractivity (Wildman–Crippen MR) is 128 cm³/mol. The van der Waals surface area contributed by atoms with Gasteiger partial charge in [-0.2, -0.15) is 17.0 Å². The molecule has 8 nitrogen and oxygen atoms in total. The normalized spacial score (nSPS) is 17.4. The first-order chi connectivity index (χ1) is 15.5. The number of fused-ring (bicyclic) bond motifs is 3. The molecule has 5 rings (SSSR count). The molecule has 3 aromatic heterocycles. The van der Waals surface area contributed by atoms with Gasteiger partial charge in [0.1, 0.15) is 10.6 Å². The molecule has 0 amide bonds. The Morgan fingerprint density at radius 1 is 1.09 bits per heavy atom. The molecule has 1 fully saturated rings. The average Bonchev–Trinajstić information content (AvgIpc) is 3.41. The minimum absolute atomic E-state index is 0.457. The highest BCUT2D eigenvalue weighted by atomic mass is 32.2. The number of hydrogen-bond acceptors (Lipinski definition) is 7. The van der Waals surface area contributed by atoms with Crippen molar-refractivity contribution in [2.45, 2.75) is 33.1 Å². The lowest BCUT2D eigenvalue weighted by Crippen LogP contribution is -2.53. The largest absolute Gasteiger partial charge is 0.353 e. The lowest BCUT2D eigenvalue weighted by molar-refractivity contribution is 0.334. The maximum atomic E-state index is 13.0. The van der Waals surface area contributed by atoms with Crippen LogP contribution in [0.4, 0.5) is 5.82 Å². The smallest absolute Gasteiger partial charge is 0.282 e. The van der Waals surface area contributed by atoms with E-state index in [0.29, 0.717) is 45.1 Å². The molecule has 2 aliphatic rings. The Balaban J connectivity index is 1.50. The number of thiophene rings is 1. The quantitative estimate of drug-likeness (QED) is 0.549. The van der Waals surface area contributed by atoms with Crippen LogP contribution in [0.5, 0.6) is 0 Å². The second-order valence-electron chi connectivity index (χ2n) is 8.13. The van der Waals surface area contributed by atoms with Gasteiger partial charge in [-0.05, 0) is 37.0 Å². The molecule has 10 heteroatoms. The predicted octanol–water partition coefficient (Wildman–Crippen LogP) is 2.95. The zero-order chi connectivity index (χ0) is 22.3. The van der Waals surface area contributed by atoms with Gasteiger partial charge in [-0.25, -0.2) is 9.97 Å². The van der Waals surface area contributed by atoms with Gasteiger partial charge in [0, 0.05) is 62.1 Å². The van der Waals surface area contributed by atoms with Crippen molar-refractivity contribution in [1.29, 1.82) is 0 Å². The summed E-state index contributed by atoms with van der Waals surface area (Å²) in [7, 11) is -3.42. The van der Waals surface area contributed by atoms with Crippen molar-refractivity contribution in [3.63, 3.8) is 0 Å². The second kappa shape index (κ2) is 8.66. The van der Waals surface area contributed by atoms with E-state index in [0.717, 1.165) is 34.4 Å². The minimum Gasteiger partial charge on any atom is -0.353 e. The van der Waals surface area contributed by atoms with Crippen LogP contribution in [0.2, 0.25) is 0 Å². The van der Waals surface area contributed by atoms with Crippen LogP contribution in [-0.4, -0.2) is 71.2 Å². The Labute approximate surface area is 193 Å². The van der Waals surface area contributed by atoms with Gasteiger partial charge in [0.15, 0.2) is 5.82 Å². The molecule has 0 unspecified atom stereocenters. The van der Waals surface area contributed by atoms with Gasteiger partial charge in [0.25, 0.3) is 10.2 Å². The van der Waals surface area contributed by atoms with Crippen LogP contribution >= 0.6 is 11.3 Å². The Morgan fingerprint density at radius 2 is 1.88 bits per heavy atom. The van der Waals surface area contributed by atoms with E-state index >= 15 is 0 Å². The van der Waals surface area contributed by atoms with Gasteiger partial charge < -0.3 is 4.90 Å². The zero-order valence-electron chi connectivity index (χ0n) is 18.5. The van der Waals surface area contributed by atoms with Crippen molar-refractivity contribution in [2.75, 3.05) is 44.2 Å². The Kier molecular flexibility index (Phi) is 5.87. The van der Waals surface area contributed by atoms with Gasteiger partial charge in [-0.15, -0.1) is 11.3 Å². The van der Waals surface area contributed by atoms with Gasteiger partial charge in [0.2, 0.25) is 0 Å². The zero-order valence-corrected chi connectivity index (χ0v) is 20.1. The highest BCUT2D eigenvalue weighted by Crippen LogP contribution is 2.41. The third-order valence-electron chi connectivity index (χ3n) is 6.36. The van der Waals surface area contributed by atoms with Crippen LogP contribution in [-0.2, 0) is 23.1 Å². The summed E-state index contributed by atoms with van der Waals surface area (Å²) in [6.45, 7) is 6.88. The summed E-state index contributed by atoms with van der Waals surface area (Å²) in [6, 6.07) is 3.88. The Morgan fingerprint density at radius 3 is 2.56 bits per heavy atom. The summed E-state index contributed by atoms with van der Waals surface area (Å²) in [4.78, 5) is 18.8. The number of aromatic nitrogens is 3. The number of pyridine rings is 1. The van der Waals surface area contributed by atoms with Crippen molar-refractivity contribution >= 4 is 37.6 Å². The highest BCUT2D eigenvalue weighted by Gasteiger charge is 2.33. The summed E-state index contributed by atoms with van der Waals surface area (Å²) < 4.78 is 29.0. The molecule has 1 aliphatic carbocycles. The van der Waals surface area contributed by atoms with E-state index in [1.807, 2.05) is 26.0 Å². The summed E-state index contributed by atoms with van der Waals surface area (Å²) in [5, 5.41) is 1.16. The van der Waals surface area contributed by atoms with Crippen molar-refractivity contribution in [3.05, 3.63) is 35.0 Å². The van der Waals surface area contributed by atoms with Gasteiger partial charge in [-0.1, -0.05) is 13.8 Å². The summed E-state index contributed by atoms with van der Waals surface area (Å²) in [6.07, 6.45) is 6.89. The maximum absolute atomic E-state index is 13.0. The molecule has 32 heavy (non-hydrogen) atoms. The monoisotopic (exact) mass is 472 g/mol. The fourth-order valence-corrected chi connectivity index (χ4v) is 7.53. The first-order valence-electron chi connectivity index (χ1n) is 11.3. The number of nitrogens with zero attached hydrogens (tertiary/aromatic N) is 6. The van der Waals surface area contributed by atoms with E-state index in [2.05, 4.69) is 9.88 Å². The number of aryl methyl sites for hydroxylation is 2. The summed E-state index contributed by atoms with van der Waals surface area (Å²) >= 11 is 1.78. The van der Waals surface area contributed by atoms with Crippen molar-refractivity contribution in [1.82, 2.24) is 23.6 Å². The molecular weight excluding hydrogens is 444 g/mol. The van der Waals surface area contributed by atoms with Crippen LogP contribution in [0.1, 0.15) is 30.7 Å². The first-order valence-corrected chi connectivity index (χ1v) is 13.5. The summed E-state index contributed by atoms with van der Waals surface area (Å²) in [5.74, 6) is 1.62. The molecule has 1 saturated heterocycles. The maximum Gasteiger partial charge on any atom is 0.282 e. The number of hydrogen-bond donors (Lipinski definition) is 0. The lowest BCUT2D eigenvalue weighted by Gasteiger charge is -2.37. The van der Waals surface area contributed by atoms with E-state index < -0.39 is 10.2 Å². The average molecular weight is 473 g/mol. The van der Waals surface area contributed by atoms with Crippen LogP contribution in [0.15, 0.2) is 24.5 Å². The molecule has 0 saturated carbocycles. The molecule has 0 atom stereocenters. The van der Waals surface area contributed by atoms with E-state index in [1.54, 1.807) is 28.0 Å². The standard InChI is InChI=1S/C22H28N6O2S2/c1-3-27(4-2)32(29,30)28-13-11-26(12-14-28)21-19-17-8-5-9-18(17)31-22(19)25-20(24-21)16-7-6-10-23-15-16/h6-7,10,15H,3-5,8-9,11-14H2,1-2H3. The third kappa shape index (κ3) is 3.68. The van der Waals surface area contributed by atoms with Crippen molar-refractivity contribution < 1.29 is 8.42 Å². The fraction of sp³-hybridized carbons (Fsp3) is 0.500. The van der Waals surface area contributed by atoms with E-state index in [9.17, 15) is 8.42 Å². The van der Waals surface area contributed by atoms with Crippen molar-refractivity contribution in [2.24, 2.45) is 0 Å². The third-order valence-corrected chi connectivity index (χ3v) is 9.73.